The standard InChI is InChI=1S/C16H21ClN4/c1-9(2)14-20-15(18-5)11(4)16(21-14)19-13-10(3)7-6-8-12(13)17/h6-9H,1-5H3,(H2,18,19,20,21). The zero-order chi connectivity index (χ0) is 15.6. The van der Waals surface area contributed by atoms with Crippen LogP contribution in [-0.4, -0.2) is 17.0 Å². The second kappa shape index (κ2) is 6.31. The average Bonchev–Trinajstić information content (AvgIpc) is 2.44. The fourth-order valence-corrected chi connectivity index (χ4v) is 2.33. The highest BCUT2D eigenvalue weighted by Gasteiger charge is 2.14. The Morgan fingerprint density at radius 3 is 2.33 bits per heavy atom. The van der Waals surface area contributed by atoms with E-state index in [4.69, 9.17) is 11.6 Å². The molecule has 2 rings (SSSR count). The molecular weight excluding hydrogens is 284 g/mol. The molecule has 0 fully saturated rings. The smallest absolute Gasteiger partial charge is 0.139 e. The van der Waals surface area contributed by atoms with E-state index in [0.29, 0.717) is 5.02 Å². The van der Waals surface area contributed by atoms with E-state index in [9.17, 15) is 0 Å². The Bertz CT molecular complexity index is 633. The van der Waals surface area contributed by atoms with Gasteiger partial charge in [0.15, 0.2) is 0 Å². The van der Waals surface area contributed by atoms with E-state index in [0.717, 1.165) is 34.3 Å². The number of nitrogens with zero attached hydrogens (tertiary/aromatic N) is 2. The monoisotopic (exact) mass is 304 g/mol. The lowest BCUT2D eigenvalue weighted by Gasteiger charge is -2.17. The van der Waals surface area contributed by atoms with E-state index in [2.05, 4.69) is 34.4 Å². The number of nitrogens with one attached hydrogen (secondary N) is 2. The molecule has 0 saturated carbocycles. The Balaban J connectivity index is 2.51. The van der Waals surface area contributed by atoms with Gasteiger partial charge in [0.25, 0.3) is 0 Å². The topological polar surface area (TPSA) is 49.8 Å². The Labute approximate surface area is 131 Å². The quantitative estimate of drug-likeness (QED) is 0.863. The van der Waals surface area contributed by atoms with Crippen LogP contribution in [0, 0.1) is 13.8 Å². The third-order valence-corrected chi connectivity index (χ3v) is 3.70. The second-order valence-electron chi connectivity index (χ2n) is 5.37. The average molecular weight is 305 g/mol. The van der Waals surface area contributed by atoms with Gasteiger partial charge in [0.1, 0.15) is 17.5 Å². The maximum absolute atomic E-state index is 6.29. The van der Waals surface area contributed by atoms with Crippen LogP contribution in [0.15, 0.2) is 18.2 Å². The van der Waals surface area contributed by atoms with Crippen LogP contribution in [0.2, 0.25) is 5.02 Å². The number of hydrogen-bond donors (Lipinski definition) is 2. The van der Waals surface area contributed by atoms with Gasteiger partial charge in [-0.05, 0) is 25.5 Å². The van der Waals surface area contributed by atoms with Crippen molar-refractivity contribution >= 4 is 28.9 Å². The summed E-state index contributed by atoms with van der Waals surface area (Å²) < 4.78 is 0. The molecule has 21 heavy (non-hydrogen) atoms. The van der Waals surface area contributed by atoms with E-state index in [1.165, 1.54) is 0 Å². The molecule has 0 radical (unpaired) electrons. The Kier molecular flexibility index (Phi) is 4.68. The molecule has 0 spiro atoms. The molecule has 0 atom stereocenters. The number of halogens is 1. The van der Waals surface area contributed by atoms with Crippen molar-refractivity contribution in [2.45, 2.75) is 33.6 Å². The van der Waals surface area contributed by atoms with Crippen molar-refractivity contribution in [2.24, 2.45) is 0 Å². The molecule has 112 valence electrons. The summed E-state index contributed by atoms with van der Waals surface area (Å²) in [6, 6.07) is 5.83. The van der Waals surface area contributed by atoms with E-state index in [1.54, 1.807) is 0 Å². The molecule has 0 aliphatic heterocycles. The number of aromatic nitrogens is 2. The van der Waals surface area contributed by atoms with Crippen molar-refractivity contribution < 1.29 is 0 Å². The SMILES string of the molecule is CNc1nc(C(C)C)nc(Nc2c(C)cccc2Cl)c1C. The van der Waals surface area contributed by atoms with E-state index < -0.39 is 0 Å². The van der Waals surface area contributed by atoms with Crippen LogP contribution in [0.1, 0.15) is 36.7 Å². The minimum atomic E-state index is 0.255. The summed E-state index contributed by atoms with van der Waals surface area (Å²) in [4.78, 5) is 9.18. The first-order chi connectivity index (χ1) is 9.93. The normalized spacial score (nSPS) is 10.8. The maximum atomic E-state index is 6.29. The van der Waals surface area contributed by atoms with Crippen LogP contribution < -0.4 is 10.6 Å². The van der Waals surface area contributed by atoms with Crippen molar-refractivity contribution in [3.63, 3.8) is 0 Å². The largest absolute Gasteiger partial charge is 0.373 e. The van der Waals surface area contributed by atoms with Gasteiger partial charge in [-0.25, -0.2) is 9.97 Å². The van der Waals surface area contributed by atoms with Gasteiger partial charge >= 0.3 is 0 Å². The number of anilines is 3. The number of para-hydroxylation sites is 1. The zero-order valence-electron chi connectivity index (χ0n) is 13.1. The molecule has 1 aromatic heterocycles. The summed E-state index contributed by atoms with van der Waals surface area (Å²) >= 11 is 6.29. The van der Waals surface area contributed by atoms with Crippen molar-refractivity contribution in [2.75, 3.05) is 17.7 Å². The fraction of sp³-hybridized carbons (Fsp3) is 0.375. The number of hydrogen-bond acceptors (Lipinski definition) is 4. The van der Waals surface area contributed by atoms with Gasteiger partial charge in [-0.3, -0.25) is 0 Å². The maximum Gasteiger partial charge on any atom is 0.139 e. The highest BCUT2D eigenvalue weighted by molar-refractivity contribution is 6.33. The van der Waals surface area contributed by atoms with E-state index >= 15 is 0 Å². The van der Waals surface area contributed by atoms with Gasteiger partial charge < -0.3 is 10.6 Å². The molecule has 0 bridgehead atoms. The van der Waals surface area contributed by atoms with Crippen LogP contribution in [0.4, 0.5) is 17.3 Å². The predicted molar refractivity (Wildman–Crippen MR) is 89.9 cm³/mol. The van der Waals surface area contributed by atoms with Crippen LogP contribution in [0.3, 0.4) is 0 Å². The third-order valence-electron chi connectivity index (χ3n) is 3.38. The van der Waals surface area contributed by atoms with Gasteiger partial charge in [0.05, 0.1) is 10.7 Å². The van der Waals surface area contributed by atoms with Crippen LogP contribution in [0.5, 0.6) is 0 Å². The molecule has 0 aliphatic carbocycles. The first-order valence-electron chi connectivity index (χ1n) is 7.02. The van der Waals surface area contributed by atoms with Gasteiger partial charge in [-0.2, -0.15) is 0 Å². The second-order valence-corrected chi connectivity index (χ2v) is 5.77. The van der Waals surface area contributed by atoms with Crippen LogP contribution in [0.25, 0.3) is 0 Å². The van der Waals surface area contributed by atoms with Crippen molar-refractivity contribution in [1.82, 2.24) is 9.97 Å². The molecule has 0 aliphatic rings. The lowest BCUT2D eigenvalue weighted by Crippen LogP contribution is -2.09. The first kappa shape index (κ1) is 15.6. The summed E-state index contributed by atoms with van der Waals surface area (Å²) in [5.74, 6) is 2.68. The summed E-state index contributed by atoms with van der Waals surface area (Å²) in [7, 11) is 1.87. The third kappa shape index (κ3) is 3.27. The molecular formula is C16H21ClN4. The lowest BCUT2D eigenvalue weighted by atomic mass is 10.1. The minimum Gasteiger partial charge on any atom is -0.373 e. The first-order valence-corrected chi connectivity index (χ1v) is 7.40. The Morgan fingerprint density at radius 2 is 1.76 bits per heavy atom. The molecule has 0 saturated heterocycles. The summed E-state index contributed by atoms with van der Waals surface area (Å²) in [6.07, 6.45) is 0. The number of aryl methyl sites for hydroxylation is 1. The predicted octanol–water partition coefficient (Wildman–Crippen LogP) is 4.66. The van der Waals surface area contributed by atoms with Crippen LogP contribution >= 0.6 is 11.6 Å². The van der Waals surface area contributed by atoms with Crippen molar-refractivity contribution in [1.29, 1.82) is 0 Å². The van der Waals surface area contributed by atoms with Gasteiger partial charge in [-0.1, -0.05) is 37.6 Å². The zero-order valence-corrected chi connectivity index (χ0v) is 13.8. The molecule has 0 amide bonds. The number of rotatable bonds is 4. The van der Waals surface area contributed by atoms with Crippen LogP contribution in [-0.2, 0) is 0 Å². The van der Waals surface area contributed by atoms with E-state index in [1.807, 2.05) is 39.1 Å². The van der Waals surface area contributed by atoms with Gasteiger partial charge in [0.2, 0.25) is 0 Å². The highest BCUT2D eigenvalue weighted by Crippen LogP contribution is 2.31. The lowest BCUT2D eigenvalue weighted by molar-refractivity contribution is 0.775. The van der Waals surface area contributed by atoms with Gasteiger partial charge in [-0.15, -0.1) is 0 Å². The summed E-state index contributed by atoms with van der Waals surface area (Å²) in [5, 5.41) is 7.16. The Morgan fingerprint density at radius 1 is 1.10 bits per heavy atom. The molecule has 2 aromatic rings. The van der Waals surface area contributed by atoms with E-state index in [-0.39, 0.29) is 5.92 Å². The highest BCUT2D eigenvalue weighted by atomic mass is 35.5. The van der Waals surface area contributed by atoms with Gasteiger partial charge in [0, 0.05) is 18.5 Å². The molecule has 1 heterocycles. The molecule has 4 nitrogen and oxygen atoms in total. The molecule has 0 unspecified atom stereocenters. The minimum absolute atomic E-state index is 0.255. The van der Waals surface area contributed by atoms with Crippen molar-refractivity contribution in [3.05, 3.63) is 40.2 Å². The fourth-order valence-electron chi connectivity index (χ4n) is 2.07. The molecule has 2 N–H and O–H groups in total. The summed E-state index contributed by atoms with van der Waals surface area (Å²) in [5.41, 5.74) is 2.94. The molecule has 1 aromatic carbocycles. The number of benzene rings is 1. The van der Waals surface area contributed by atoms with Crippen molar-refractivity contribution in [3.8, 4) is 0 Å². The Hall–Kier alpha value is -1.81. The molecule has 5 heteroatoms. The summed E-state index contributed by atoms with van der Waals surface area (Å²) in [6.45, 7) is 8.17.